The van der Waals surface area contributed by atoms with E-state index in [0.29, 0.717) is 13.1 Å². The predicted molar refractivity (Wildman–Crippen MR) is 90.6 cm³/mol. The molecule has 4 nitrogen and oxygen atoms in total. The molecule has 0 saturated heterocycles. The van der Waals surface area contributed by atoms with Crippen LogP contribution in [0.4, 0.5) is 5.69 Å². The largest absolute Gasteiger partial charge is 0.381 e. The summed E-state index contributed by atoms with van der Waals surface area (Å²) in [6.45, 7) is 1.87. The fraction of sp³-hybridized carbons (Fsp3) is 0.278. The molecule has 0 atom stereocenters. The van der Waals surface area contributed by atoms with Crippen LogP contribution in [0.2, 0.25) is 0 Å². The van der Waals surface area contributed by atoms with Gasteiger partial charge in [-0.2, -0.15) is 0 Å². The molecule has 0 aromatic heterocycles. The minimum atomic E-state index is 0.0844. The Labute approximate surface area is 132 Å². The van der Waals surface area contributed by atoms with Crippen molar-refractivity contribution in [2.24, 2.45) is 0 Å². The molecule has 0 unspecified atom stereocenters. The minimum absolute atomic E-state index is 0.0844. The van der Waals surface area contributed by atoms with E-state index in [1.54, 1.807) is 19.0 Å². The van der Waals surface area contributed by atoms with E-state index < -0.39 is 0 Å². The summed E-state index contributed by atoms with van der Waals surface area (Å²) in [6, 6.07) is 18.6. The van der Waals surface area contributed by atoms with Crippen LogP contribution in [0.1, 0.15) is 11.1 Å². The molecule has 0 heterocycles. The zero-order valence-corrected chi connectivity index (χ0v) is 13.2. The normalized spacial score (nSPS) is 10.3. The number of hydrogen-bond acceptors (Lipinski definition) is 3. The molecule has 0 spiro atoms. The predicted octanol–water partition coefficient (Wildman–Crippen LogP) is 2.48. The van der Waals surface area contributed by atoms with Gasteiger partial charge in [0, 0.05) is 32.9 Å². The Bertz CT molecular complexity index is 579. The quantitative estimate of drug-likeness (QED) is 0.825. The lowest BCUT2D eigenvalue weighted by molar-refractivity contribution is -0.127. The molecular formula is C18H23N3O. The highest BCUT2D eigenvalue weighted by Gasteiger charge is 2.02. The van der Waals surface area contributed by atoms with Gasteiger partial charge < -0.3 is 15.5 Å². The maximum atomic E-state index is 11.5. The summed E-state index contributed by atoms with van der Waals surface area (Å²) in [5.74, 6) is 0.0844. The molecule has 116 valence electrons. The maximum absolute atomic E-state index is 11.5. The Morgan fingerprint density at radius 2 is 1.55 bits per heavy atom. The lowest BCUT2D eigenvalue weighted by Gasteiger charge is -2.11. The summed E-state index contributed by atoms with van der Waals surface area (Å²) < 4.78 is 0. The highest BCUT2D eigenvalue weighted by molar-refractivity contribution is 5.77. The molecule has 2 N–H and O–H groups in total. The van der Waals surface area contributed by atoms with Crippen LogP contribution < -0.4 is 10.6 Å². The van der Waals surface area contributed by atoms with Gasteiger partial charge >= 0.3 is 0 Å². The number of anilines is 1. The van der Waals surface area contributed by atoms with Gasteiger partial charge in [-0.1, -0.05) is 42.5 Å². The molecule has 2 rings (SSSR count). The number of carbonyl (C=O) groups is 1. The fourth-order valence-electron chi connectivity index (χ4n) is 2.01. The summed E-state index contributed by atoms with van der Waals surface area (Å²) in [6.07, 6.45) is 0. The van der Waals surface area contributed by atoms with Crippen LogP contribution in [-0.4, -0.2) is 31.4 Å². The second kappa shape index (κ2) is 8.20. The van der Waals surface area contributed by atoms with Gasteiger partial charge in [-0.3, -0.25) is 4.79 Å². The van der Waals surface area contributed by atoms with Crippen LogP contribution in [0.5, 0.6) is 0 Å². The molecule has 2 aromatic carbocycles. The Kier molecular flexibility index (Phi) is 5.98. The van der Waals surface area contributed by atoms with Crippen LogP contribution in [-0.2, 0) is 17.9 Å². The van der Waals surface area contributed by atoms with E-state index in [2.05, 4.69) is 47.0 Å². The minimum Gasteiger partial charge on any atom is -0.381 e. The lowest BCUT2D eigenvalue weighted by Crippen LogP contribution is -2.32. The van der Waals surface area contributed by atoms with Crippen molar-refractivity contribution in [1.82, 2.24) is 10.2 Å². The van der Waals surface area contributed by atoms with Gasteiger partial charge in [0.25, 0.3) is 0 Å². The number of likely N-dealkylation sites (N-methyl/N-ethyl adjacent to an activating group) is 1. The first-order valence-electron chi connectivity index (χ1n) is 7.43. The standard InChI is InChI=1S/C18H23N3O/c1-21(2)18(22)14-19-12-16-8-10-17(11-9-16)20-13-15-6-4-3-5-7-15/h3-11,19-20H,12-14H2,1-2H3. The first-order valence-corrected chi connectivity index (χ1v) is 7.43. The molecule has 2 aromatic rings. The van der Waals surface area contributed by atoms with Gasteiger partial charge in [-0.25, -0.2) is 0 Å². The van der Waals surface area contributed by atoms with Crippen LogP contribution >= 0.6 is 0 Å². The second-order valence-electron chi connectivity index (χ2n) is 5.43. The summed E-state index contributed by atoms with van der Waals surface area (Å²) in [5, 5.41) is 6.54. The number of rotatable bonds is 7. The number of nitrogens with zero attached hydrogens (tertiary/aromatic N) is 1. The summed E-state index contributed by atoms with van der Waals surface area (Å²) >= 11 is 0. The number of nitrogens with one attached hydrogen (secondary N) is 2. The third-order valence-electron chi connectivity index (χ3n) is 3.40. The van der Waals surface area contributed by atoms with E-state index in [9.17, 15) is 4.79 Å². The van der Waals surface area contributed by atoms with E-state index in [0.717, 1.165) is 17.8 Å². The van der Waals surface area contributed by atoms with Gasteiger partial charge in [-0.15, -0.1) is 0 Å². The molecule has 4 heteroatoms. The Hall–Kier alpha value is -2.33. The molecule has 0 radical (unpaired) electrons. The Morgan fingerprint density at radius 3 is 2.18 bits per heavy atom. The average Bonchev–Trinajstić information content (AvgIpc) is 2.55. The van der Waals surface area contributed by atoms with Crippen LogP contribution in [0.3, 0.4) is 0 Å². The monoisotopic (exact) mass is 297 g/mol. The van der Waals surface area contributed by atoms with Crippen molar-refractivity contribution in [1.29, 1.82) is 0 Å². The Balaban J connectivity index is 1.77. The molecule has 0 aliphatic heterocycles. The highest BCUT2D eigenvalue weighted by atomic mass is 16.2. The van der Waals surface area contributed by atoms with E-state index in [-0.39, 0.29) is 5.91 Å². The smallest absolute Gasteiger partial charge is 0.236 e. The topological polar surface area (TPSA) is 44.4 Å². The highest BCUT2D eigenvalue weighted by Crippen LogP contribution is 2.11. The number of benzene rings is 2. The van der Waals surface area contributed by atoms with E-state index in [4.69, 9.17) is 0 Å². The van der Waals surface area contributed by atoms with Crippen molar-refractivity contribution in [3.05, 3.63) is 65.7 Å². The fourth-order valence-corrected chi connectivity index (χ4v) is 2.01. The van der Waals surface area contributed by atoms with E-state index in [1.165, 1.54) is 5.56 Å². The lowest BCUT2D eigenvalue weighted by atomic mass is 10.2. The Morgan fingerprint density at radius 1 is 0.909 bits per heavy atom. The molecular weight excluding hydrogens is 274 g/mol. The van der Waals surface area contributed by atoms with Crippen molar-refractivity contribution in [2.45, 2.75) is 13.1 Å². The van der Waals surface area contributed by atoms with Gasteiger partial charge in [0.15, 0.2) is 0 Å². The molecule has 0 bridgehead atoms. The molecule has 0 fully saturated rings. The second-order valence-corrected chi connectivity index (χ2v) is 5.43. The van der Waals surface area contributed by atoms with Gasteiger partial charge in [0.05, 0.1) is 6.54 Å². The number of carbonyl (C=O) groups excluding carboxylic acids is 1. The average molecular weight is 297 g/mol. The van der Waals surface area contributed by atoms with E-state index in [1.807, 2.05) is 18.2 Å². The van der Waals surface area contributed by atoms with Gasteiger partial charge in [-0.05, 0) is 23.3 Å². The molecule has 1 amide bonds. The van der Waals surface area contributed by atoms with Crippen molar-refractivity contribution in [2.75, 3.05) is 26.0 Å². The van der Waals surface area contributed by atoms with Crippen LogP contribution in [0.15, 0.2) is 54.6 Å². The summed E-state index contributed by atoms with van der Waals surface area (Å²) in [5.41, 5.74) is 3.52. The molecule has 0 aliphatic rings. The van der Waals surface area contributed by atoms with Crippen molar-refractivity contribution in [3.63, 3.8) is 0 Å². The van der Waals surface area contributed by atoms with E-state index >= 15 is 0 Å². The van der Waals surface area contributed by atoms with Crippen molar-refractivity contribution >= 4 is 11.6 Å². The third-order valence-corrected chi connectivity index (χ3v) is 3.40. The number of amides is 1. The van der Waals surface area contributed by atoms with Crippen LogP contribution in [0, 0.1) is 0 Å². The maximum Gasteiger partial charge on any atom is 0.236 e. The van der Waals surface area contributed by atoms with Crippen LogP contribution in [0.25, 0.3) is 0 Å². The molecule has 0 aliphatic carbocycles. The number of hydrogen-bond donors (Lipinski definition) is 2. The zero-order chi connectivity index (χ0) is 15.8. The third kappa shape index (κ3) is 5.22. The summed E-state index contributed by atoms with van der Waals surface area (Å²) in [4.78, 5) is 13.0. The zero-order valence-electron chi connectivity index (χ0n) is 13.2. The van der Waals surface area contributed by atoms with Gasteiger partial charge in [0.2, 0.25) is 5.91 Å². The SMILES string of the molecule is CN(C)C(=O)CNCc1ccc(NCc2ccccc2)cc1. The van der Waals surface area contributed by atoms with Gasteiger partial charge in [0.1, 0.15) is 0 Å². The first kappa shape index (κ1) is 16.0. The first-order chi connectivity index (χ1) is 10.6. The van der Waals surface area contributed by atoms with Crippen molar-refractivity contribution < 1.29 is 4.79 Å². The molecule has 0 saturated carbocycles. The molecule has 22 heavy (non-hydrogen) atoms. The van der Waals surface area contributed by atoms with Crippen molar-refractivity contribution in [3.8, 4) is 0 Å². The summed E-state index contributed by atoms with van der Waals surface area (Å²) in [7, 11) is 3.52.